The maximum atomic E-state index is 13.3. The van der Waals surface area contributed by atoms with Crippen LogP contribution in [0.5, 0.6) is 0 Å². The molecule has 1 aromatic carbocycles. The van der Waals surface area contributed by atoms with E-state index in [1.54, 1.807) is 17.4 Å². The summed E-state index contributed by atoms with van der Waals surface area (Å²) in [5.74, 6) is -0.330. The molecular formula is C20H19ClFN3O3S. The first kappa shape index (κ1) is 20.0. The second-order valence-corrected chi connectivity index (χ2v) is 8.35. The molecule has 4 rings (SSSR count). The fraction of sp³-hybridized carbons (Fsp3) is 0.350. The Hall–Kier alpha value is -2.29. The van der Waals surface area contributed by atoms with Crippen LogP contribution in [-0.4, -0.2) is 27.7 Å². The van der Waals surface area contributed by atoms with Gasteiger partial charge in [-0.25, -0.2) is 19.2 Å². The first-order chi connectivity index (χ1) is 14.0. The molecule has 29 heavy (non-hydrogen) atoms. The van der Waals surface area contributed by atoms with Crippen molar-refractivity contribution in [1.29, 1.82) is 0 Å². The predicted octanol–water partition coefficient (Wildman–Crippen LogP) is 4.58. The number of hydrogen-bond donors (Lipinski definition) is 2. The maximum absolute atomic E-state index is 13.3. The molecule has 3 aromatic rings. The van der Waals surface area contributed by atoms with E-state index in [1.807, 2.05) is 0 Å². The van der Waals surface area contributed by atoms with E-state index in [-0.39, 0.29) is 12.4 Å². The first-order valence-corrected chi connectivity index (χ1v) is 10.5. The Morgan fingerprint density at radius 1 is 1.31 bits per heavy atom. The number of carboxylic acids is 1. The molecule has 0 amide bonds. The third-order valence-corrected chi connectivity index (χ3v) is 6.32. The van der Waals surface area contributed by atoms with E-state index >= 15 is 0 Å². The SMILES string of the molecule is O=C(O)COCc1nc(NCc2ccc(F)cc2Cl)c2c3c(sc2n1)CCCC3. The van der Waals surface area contributed by atoms with Gasteiger partial charge in [0.05, 0.1) is 5.39 Å². The van der Waals surface area contributed by atoms with Crippen LogP contribution in [0.3, 0.4) is 0 Å². The number of carboxylic acid groups (broad SMARTS) is 1. The van der Waals surface area contributed by atoms with Crippen molar-refractivity contribution >= 4 is 44.9 Å². The molecule has 0 unspecified atom stereocenters. The number of benzene rings is 1. The van der Waals surface area contributed by atoms with E-state index in [0.717, 1.165) is 41.5 Å². The number of halogens is 2. The van der Waals surface area contributed by atoms with Crippen molar-refractivity contribution in [2.45, 2.75) is 38.8 Å². The van der Waals surface area contributed by atoms with Gasteiger partial charge in [0.25, 0.3) is 0 Å². The van der Waals surface area contributed by atoms with Gasteiger partial charge in [-0.15, -0.1) is 11.3 Å². The molecule has 6 nitrogen and oxygen atoms in total. The highest BCUT2D eigenvalue weighted by Gasteiger charge is 2.21. The molecule has 9 heteroatoms. The Morgan fingerprint density at radius 3 is 2.93 bits per heavy atom. The van der Waals surface area contributed by atoms with Crippen LogP contribution in [-0.2, 0) is 35.5 Å². The largest absolute Gasteiger partial charge is 0.480 e. The number of carbonyl (C=O) groups is 1. The minimum atomic E-state index is -1.04. The van der Waals surface area contributed by atoms with Crippen LogP contribution >= 0.6 is 22.9 Å². The number of ether oxygens (including phenoxy) is 1. The van der Waals surface area contributed by atoms with Gasteiger partial charge in [-0.05, 0) is 48.9 Å². The highest BCUT2D eigenvalue weighted by Crippen LogP contribution is 2.39. The third-order valence-electron chi connectivity index (χ3n) is 4.78. The summed E-state index contributed by atoms with van der Waals surface area (Å²) in [6.07, 6.45) is 4.31. The molecular weight excluding hydrogens is 417 g/mol. The maximum Gasteiger partial charge on any atom is 0.329 e. The summed E-state index contributed by atoms with van der Waals surface area (Å²) < 4.78 is 18.5. The summed E-state index contributed by atoms with van der Waals surface area (Å²) in [5.41, 5.74) is 2.04. The van der Waals surface area contributed by atoms with Crippen molar-refractivity contribution in [3.05, 3.63) is 50.9 Å². The third kappa shape index (κ3) is 4.49. The molecule has 0 atom stereocenters. The molecule has 0 spiro atoms. The van der Waals surface area contributed by atoms with Gasteiger partial charge in [0, 0.05) is 16.4 Å². The molecule has 0 bridgehead atoms. The van der Waals surface area contributed by atoms with Crippen molar-refractivity contribution in [1.82, 2.24) is 9.97 Å². The molecule has 0 saturated carbocycles. The Balaban J connectivity index is 1.66. The second kappa shape index (κ2) is 8.61. The molecule has 0 radical (unpaired) electrons. The monoisotopic (exact) mass is 435 g/mol. The summed E-state index contributed by atoms with van der Waals surface area (Å²) in [5, 5.41) is 13.4. The van der Waals surface area contributed by atoms with E-state index in [2.05, 4.69) is 15.3 Å². The number of aromatic nitrogens is 2. The quantitative estimate of drug-likeness (QED) is 0.565. The number of rotatable bonds is 7. The van der Waals surface area contributed by atoms with Crippen LogP contribution in [0, 0.1) is 5.82 Å². The highest BCUT2D eigenvalue weighted by molar-refractivity contribution is 7.19. The van der Waals surface area contributed by atoms with Gasteiger partial charge in [-0.2, -0.15) is 0 Å². The van der Waals surface area contributed by atoms with Gasteiger partial charge in [-0.3, -0.25) is 0 Å². The van der Waals surface area contributed by atoms with Crippen LogP contribution in [0.2, 0.25) is 5.02 Å². The summed E-state index contributed by atoms with van der Waals surface area (Å²) >= 11 is 7.81. The van der Waals surface area contributed by atoms with Gasteiger partial charge >= 0.3 is 5.97 Å². The molecule has 1 aliphatic rings. The summed E-state index contributed by atoms with van der Waals surface area (Å²) in [6, 6.07) is 4.30. The Labute approximate surface area is 175 Å². The number of aryl methyl sites for hydroxylation is 2. The number of fused-ring (bicyclic) bond motifs is 3. The van der Waals surface area contributed by atoms with Crippen molar-refractivity contribution in [2.75, 3.05) is 11.9 Å². The lowest BCUT2D eigenvalue weighted by Gasteiger charge is -2.14. The summed E-state index contributed by atoms with van der Waals surface area (Å²) in [4.78, 5) is 22.1. The molecule has 152 valence electrons. The van der Waals surface area contributed by atoms with Crippen molar-refractivity contribution in [3.8, 4) is 0 Å². The number of thiophene rings is 1. The van der Waals surface area contributed by atoms with Crippen molar-refractivity contribution in [3.63, 3.8) is 0 Å². The average Bonchev–Trinajstić information content (AvgIpc) is 3.05. The fourth-order valence-electron chi connectivity index (χ4n) is 3.47. The molecule has 2 N–H and O–H groups in total. The number of nitrogens with one attached hydrogen (secondary N) is 1. The smallest absolute Gasteiger partial charge is 0.329 e. The summed E-state index contributed by atoms with van der Waals surface area (Å²) in [6.45, 7) is -0.0155. The zero-order valence-corrected chi connectivity index (χ0v) is 17.1. The number of nitrogens with zero attached hydrogens (tertiary/aromatic N) is 2. The standard InChI is InChI=1S/C20H19ClFN3O3S/c21-14-7-12(22)6-5-11(14)8-23-19-18-13-3-1-2-4-15(13)29-20(18)25-16(24-19)9-28-10-17(26)27/h5-7H,1-4,8-10H2,(H,26,27)(H,23,24,25). The lowest BCUT2D eigenvalue weighted by molar-refractivity contribution is -0.142. The Kier molecular flexibility index (Phi) is 5.94. The lowest BCUT2D eigenvalue weighted by atomic mass is 9.97. The van der Waals surface area contributed by atoms with E-state index in [4.69, 9.17) is 21.4 Å². The van der Waals surface area contributed by atoms with Gasteiger partial charge in [-0.1, -0.05) is 17.7 Å². The van der Waals surface area contributed by atoms with E-state index in [0.29, 0.717) is 23.2 Å². The predicted molar refractivity (Wildman–Crippen MR) is 110 cm³/mol. The molecule has 0 fully saturated rings. The van der Waals surface area contributed by atoms with Gasteiger partial charge in [0.15, 0.2) is 5.82 Å². The molecule has 2 heterocycles. The highest BCUT2D eigenvalue weighted by atomic mass is 35.5. The Bertz CT molecular complexity index is 1070. The number of anilines is 1. The topological polar surface area (TPSA) is 84.3 Å². The van der Waals surface area contributed by atoms with Gasteiger partial charge in [0.1, 0.15) is 29.7 Å². The summed E-state index contributed by atoms with van der Waals surface area (Å²) in [7, 11) is 0. The van der Waals surface area contributed by atoms with Crippen LogP contribution in [0.4, 0.5) is 10.2 Å². The minimum Gasteiger partial charge on any atom is -0.480 e. The normalized spacial score (nSPS) is 13.4. The van der Waals surface area contributed by atoms with Gasteiger partial charge < -0.3 is 15.2 Å². The zero-order chi connectivity index (χ0) is 20.4. The lowest BCUT2D eigenvalue weighted by Crippen LogP contribution is -2.10. The fourth-order valence-corrected chi connectivity index (χ4v) is 4.98. The van der Waals surface area contributed by atoms with Crippen LogP contribution in [0.25, 0.3) is 10.2 Å². The minimum absolute atomic E-state index is 0.0107. The molecule has 0 saturated heterocycles. The molecule has 0 aliphatic heterocycles. The molecule has 1 aliphatic carbocycles. The first-order valence-electron chi connectivity index (χ1n) is 9.30. The van der Waals surface area contributed by atoms with Crippen LogP contribution in [0.15, 0.2) is 18.2 Å². The van der Waals surface area contributed by atoms with E-state index in [1.165, 1.54) is 22.6 Å². The van der Waals surface area contributed by atoms with E-state index in [9.17, 15) is 9.18 Å². The number of aliphatic carboxylic acids is 1. The van der Waals surface area contributed by atoms with Gasteiger partial charge in [0.2, 0.25) is 0 Å². The van der Waals surface area contributed by atoms with Crippen molar-refractivity contribution < 1.29 is 19.0 Å². The van der Waals surface area contributed by atoms with Crippen molar-refractivity contribution in [2.24, 2.45) is 0 Å². The average molecular weight is 436 g/mol. The van der Waals surface area contributed by atoms with E-state index < -0.39 is 12.6 Å². The second-order valence-electron chi connectivity index (χ2n) is 6.86. The van der Waals surface area contributed by atoms with Crippen LogP contribution in [0.1, 0.15) is 34.7 Å². The Morgan fingerprint density at radius 2 is 2.14 bits per heavy atom. The zero-order valence-electron chi connectivity index (χ0n) is 15.5. The molecule has 2 aromatic heterocycles. The van der Waals surface area contributed by atoms with Crippen LogP contribution < -0.4 is 5.32 Å². The number of hydrogen-bond acceptors (Lipinski definition) is 6.